The Bertz CT molecular complexity index is 1580. The third-order valence-corrected chi connectivity index (χ3v) is 8.71. The van der Waals surface area contributed by atoms with Crippen LogP contribution in [-0.2, 0) is 25.2 Å². The summed E-state index contributed by atoms with van der Waals surface area (Å²) in [4.78, 5) is 5.00. The number of aryl methyl sites for hydroxylation is 1. The summed E-state index contributed by atoms with van der Waals surface area (Å²) in [7, 11) is 1.70. The molecule has 7 nitrogen and oxygen atoms in total. The van der Waals surface area contributed by atoms with Gasteiger partial charge in [0.05, 0.1) is 7.11 Å². The van der Waals surface area contributed by atoms with Crippen molar-refractivity contribution in [2.24, 2.45) is 11.5 Å². The lowest BCUT2D eigenvalue weighted by Crippen LogP contribution is -2.52. The van der Waals surface area contributed by atoms with E-state index in [1.54, 1.807) is 13.2 Å². The SMILES string of the molecule is COc1cccc(C(C)(C)N2CCN(Cc3ccc4c(c3)c(-c3ccc(OC(F)(F)F)cc3CN)cn4CCCN)CC2)c1. The molecule has 3 aromatic carbocycles. The summed E-state index contributed by atoms with van der Waals surface area (Å²) in [5, 5.41) is 1.04. The number of methoxy groups -OCH3 is 1. The van der Waals surface area contributed by atoms with Crippen molar-refractivity contribution in [1.82, 2.24) is 14.4 Å². The van der Waals surface area contributed by atoms with Gasteiger partial charge >= 0.3 is 6.36 Å². The Morgan fingerprint density at radius 3 is 2.32 bits per heavy atom. The number of halogens is 3. The number of rotatable bonds is 11. The van der Waals surface area contributed by atoms with E-state index in [4.69, 9.17) is 16.2 Å². The number of ether oxygens (including phenoxy) is 2. The molecule has 0 unspecified atom stereocenters. The second kappa shape index (κ2) is 13.2. The van der Waals surface area contributed by atoms with Crippen molar-refractivity contribution in [2.45, 2.75) is 51.8 Å². The van der Waals surface area contributed by atoms with Gasteiger partial charge in [0.1, 0.15) is 11.5 Å². The number of alkyl halides is 3. The Hall–Kier alpha value is -3.57. The number of hydrogen-bond acceptors (Lipinski definition) is 6. The molecule has 10 heteroatoms. The van der Waals surface area contributed by atoms with Crippen LogP contribution in [0.2, 0.25) is 0 Å². The van der Waals surface area contributed by atoms with Crippen molar-refractivity contribution >= 4 is 10.9 Å². The van der Waals surface area contributed by atoms with E-state index in [1.165, 1.54) is 23.3 Å². The summed E-state index contributed by atoms with van der Waals surface area (Å²) in [6.45, 7) is 10.5. The Kier molecular flexibility index (Phi) is 9.55. The average Bonchev–Trinajstić information content (AvgIpc) is 3.36. The van der Waals surface area contributed by atoms with Gasteiger partial charge in [0.25, 0.3) is 0 Å². The minimum Gasteiger partial charge on any atom is -0.497 e. The maximum atomic E-state index is 12.9. The third-order valence-electron chi connectivity index (χ3n) is 8.71. The molecule has 2 heterocycles. The molecule has 1 aromatic heterocycles. The van der Waals surface area contributed by atoms with Gasteiger partial charge in [0.2, 0.25) is 0 Å². The van der Waals surface area contributed by atoms with E-state index in [-0.39, 0.29) is 17.8 Å². The van der Waals surface area contributed by atoms with Gasteiger partial charge in [-0.2, -0.15) is 0 Å². The number of fused-ring (bicyclic) bond motifs is 1. The van der Waals surface area contributed by atoms with E-state index in [1.807, 2.05) is 12.1 Å². The molecule has 0 aliphatic carbocycles. The molecule has 236 valence electrons. The lowest BCUT2D eigenvalue weighted by molar-refractivity contribution is -0.274. The van der Waals surface area contributed by atoms with Crippen molar-refractivity contribution in [2.75, 3.05) is 39.8 Å². The first-order chi connectivity index (χ1) is 21.0. The molecule has 1 aliphatic rings. The molecule has 1 aliphatic heterocycles. The summed E-state index contributed by atoms with van der Waals surface area (Å²) in [6, 6.07) is 19.2. The van der Waals surface area contributed by atoms with Gasteiger partial charge in [-0.1, -0.05) is 24.3 Å². The highest BCUT2D eigenvalue weighted by molar-refractivity contribution is 5.97. The lowest BCUT2D eigenvalue weighted by Gasteiger charge is -2.44. The zero-order valence-electron chi connectivity index (χ0n) is 25.7. The van der Waals surface area contributed by atoms with Crippen molar-refractivity contribution in [3.05, 3.63) is 83.6 Å². The van der Waals surface area contributed by atoms with Crippen LogP contribution in [0, 0.1) is 0 Å². The monoisotopic (exact) mass is 609 g/mol. The van der Waals surface area contributed by atoms with Crippen LogP contribution in [0.5, 0.6) is 11.5 Å². The summed E-state index contributed by atoms with van der Waals surface area (Å²) in [5.74, 6) is 0.591. The van der Waals surface area contributed by atoms with E-state index in [2.05, 4.69) is 69.5 Å². The minimum absolute atomic E-state index is 0.0793. The highest BCUT2D eigenvalue weighted by atomic mass is 19.4. The number of nitrogens with zero attached hydrogens (tertiary/aromatic N) is 3. The first-order valence-corrected chi connectivity index (χ1v) is 15.1. The molecule has 0 bridgehead atoms. The number of nitrogens with two attached hydrogens (primary N) is 2. The van der Waals surface area contributed by atoms with Crippen LogP contribution in [0.3, 0.4) is 0 Å². The van der Waals surface area contributed by atoms with E-state index < -0.39 is 6.36 Å². The molecule has 4 aromatic rings. The maximum Gasteiger partial charge on any atom is 0.573 e. The largest absolute Gasteiger partial charge is 0.573 e. The third kappa shape index (κ3) is 7.04. The van der Waals surface area contributed by atoms with Crippen molar-refractivity contribution in [3.63, 3.8) is 0 Å². The van der Waals surface area contributed by atoms with E-state index in [0.29, 0.717) is 12.1 Å². The second-order valence-corrected chi connectivity index (χ2v) is 11.9. The number of benzene rings is 3. The van der Waals surface area contributed by atoms with Gasteiger partial charge < -0.3 is 25.5 Å². The van der Waals surface area contributed by atoms with Crippen LogP contribution in [0.15, 0.2) is 66.9 Å². The number of aromatic nitrogens is 1. The van der Waals surface area contributed by atoms with Crippen LogP contribution in [0.4, 0.5) is 13.2 Å². The fourth-order valence-electron chi connectivity index (χ4n) is 6.21. The van der Waals surface area contributed by atoms with Gasteiger partial charge in [-0.25, -0.2) is 0 Å². The zero-order chi connectivity index (χ0) is 31.5. The summed E-state index contributed by atoms with van der Waals surface area (Å²) in [5.41, 5.74) is 17.5. The zero-order valence-corrected chi connectivity index (χ0v) is 25.7. The molecular weight excluding hydrogens is 567 g/mol. The first kappa shape index (κ1) is 31.8. The summed E-state index contributed by atoms with van der Waals surface area (Å²) >= 11 is 0. The Labute approximate surface area is 257 Å². The van der Waals surface area contributed by atoms with E-state index in [9.17, 15) is 13.2 Å². The smallest absolute Gasteiger partial charge is 0.497 e. The molecular formula is C34H42F3N5O2. The molecule has 4 N–H and O–H groups in total. The molecule has 0 atom stereocenters. The number of piperazine rings is 1. The average molecular weight is 610 g/mol. The van der Waals surface area contributed by atoms with Crippen LogP contribution in [-0.4, -0.2) is 60.6 Å². The molecule has 5 rings (SSSR count). The van der Waals surface area contributed by atoms with Gasteiger partial charge in [0, 0.05) is 74.0 Å². The van der Waals surface area contributed by atoms with E-state index in [0.717, 1.165) is 73.5 Å². The van der Waals surface area contributed by atoms with Crippen molar-refractivity contribution in [3.8, 4) is 22.6 Å². The highest BCUT2D eigenvalue weighted by Crippen LogP contribution is 2.37. The van der Waals surface area contributed by atoms with Gasteiger partial charge in [-0.3, -0.25) is 9.80 Å². The predicted octanol–water partition coefficient (Wildman–Crippen LogP) is 6.08. The topological polar surface area (TPSA) is 81.9 Å². The molecule has 0 radical (unpaired) electrons. The minimum atomic E-state index is -4.77. The molecule has 1 fully saturated rings. The summed E-state index contributed by atoms with van der Waals surface area (Å²) < 4.78 is 50.4. The van der Waals surface area contributed by atoms with Gasteiger partial charge in [-0.15, -0.1) is 13.2 Å². The molecule has 0 spiro atoms. The molecule has 0 amide bonds. The van der Waals surface area contributed by atoms with Gasteiger partial charge in [0.15, 0.2) is 0 Å². The van der Waals surface area contributed by atoms with Crippen LogP contribution >= 0.6 is 0 Å². The Morgan fingerprint density at radius 1 is 0.864 bits per heavy atom. The maximum absolute atomic E-state index is 12.9. The first-order valence-electron chi connectivity index (χ1n) is 15.1. The van der Waals surface area contributed by atoms with Crippen LogP contribution < -0.4 is 20.9 Å². The summed E-state index contributed by atoms with van der Waals surface area (Å²) in [6.07, 6.45) is -1.90. The van der Waals surface area contributed by atoms with Crippen molar-refractivity contribution < 1.29 is 22.6 Å². The fraction of sp³-hybridized carbons (Fsp3) is 0.412. The Morgan fingerprint density at radius 2 is 1.64 bits per heavy atom. The van der Waals surface area contributed by atoms with Crippen LogP contribution in [0.1, 0.15) is 37.0 Å². The fourth-order valence-corrected chi connectivity index (χ4v) is 6.21. The standard InChI is InChI=1S/C34H42F3N5O2/c1-33(2,26-6-4-7-27(20-26)43-3)42-16-14-40(15-17-42)22-24-8-11-32-30(18-24)31(23-41(32)13-5-12-38)29-10-9-28(19-25(29)21-39)44-34(35,36)37/h4,6-11,18-20,23H,5,12-17,21-22,38-39H2,1-3H3. The van der Waals surface area contributed by atoms with E-state index >= 15 is 0 Å². The number of hydrogen-bond donors (Lipinski definition) is 2. The highest BCUT2D eigenvalue weighted by Gasteiger charge is 2.32. The molecule has 44 heavy (non-hydrogen) atoms. The quantitative estimate of drug-likeness (QED) is 0.215. The van der Waals surface area contributed by atoms with Crippen LogP contribution in [0.25, 0.3) is 22.0 Å². The normalized spacial score (nSPS) is 15.2. The molecule has 1 saturated heterocycles. The predicted molar refractivity (Wildman–Crippen MR) is 168 cm³/mol. The second-order valence-electron chi connectivity index (χ2n) is 11.9. The van der Waals surface area contributed by atoms with Gasteiger partial charge in [-0.05, 0) is 85.5 Å². The Balaban J connectivity index is 1.38. The lowest BCUT2D eigenvalue weighted by atomic mass is 9.91. The van der Waals surface area contributed by atoms with Crippen molar-refractivity contribution in [1.29, 1.82) is 0 Å². The molecule has 0 saturated carbocycles.